The molecule has 20 heavy (non-hydrogen) atoms. The van der Waals surface area contributed by atoms with E-state index >= 15 is 0 Å². The predicted octanol–water partition coefficient (Wildman–Crippen LogP) is 4.21. The highest BCUT2D eigenvalue weighted by molar-refractivity contribution is 6.31. The summed E-state index contributed by atoms with van der Waals surface area (Å²) in [7, 11) is 2.04. The molecule has 1 aliphatic rings. The Morgan fingerprint density at radius 3 is 2.55 bits per heavy atom. The molecule has 3 heteroatoms. The molecule has 0 heterocycles. The Morgan fingerprint density at radius 1 is 1.25 bits per heavy atom. The van der Waals surface area contributed by atoms with E-state index in [9.17, 15) is 0 Å². The molecule has 1 aromatic rings. The minimum absolute atomic E-state index is 0.0269. The Morgan fingerprint density at radius 2 is 1.95 bits per heavy atom. The number of halogens is 1. The molecule has 1 aliphatic carbocycles. The van der Waals surface area contributed by atoms with Crippen LogP contribution in [-0.2, 0) is 11.2 Å². The molecule has 1 N–H and O–H groups in total. The second kappa shape index (κ2) is 7.44. The van der Waals surface area contributed by atoms with Gasteiger partial charge in [-0.3, -0.25) is 0 Å². The molecule has 0 amide bonds. The first-order valence-electron chi connectivity index (χ1n) is 7.76. The summed E-state index contributed by atoms with van der Waals surface area (Å²) < 4.78 is 6.23. The number of rotatable bonds is 6. The van der Waals surface area contributed by atoms with E-state index in [1.807, 2.05) is 19.2 Å². The van der Waals surface area contributed by atoms with Crippen molar-refractivity contribution in [2.24, 2.45) is 0 Å². The van der Waals surface area contributed by atoms with Gasteiger partial charge in [-0.25, -0.2) is 0 Å². The van der Waals surface area contributed by atoms with Crippen LogP contribution in [0.25, 0.3) is 0 Å². The van der Waals surface area contributed by atoms with Crippen LogP contribution < -0.4 is 5.32 Å². The van der Waals surface area contributed by atoms with Gasteiger partial charge in [-0.05, 0) is 44.9 Å². The fourth-order valence-corrected chi connectivity index (χ4v) is 3.68. The van der Waals surface area contributed by atoms with Crippen molar-refractivity contribution in [3.8, 4) is 0 Å². The Kier molecular flexibility index (Phi) is 5.88. The van der Waals surface area contributed by atoms with E-state index in [1.54, 1.807) is 0 Å². The second-order valence-corrected chi connectivity index (χ2v) is 6.10. The van der Waals surface area contributed by atoms with Gasteiger partial charge < -0.3 is 10.1 Å². The zero-order valence-electron chi connectivity index (χ0n) is 12.6. The average molecular weight is 296 g/mol. The van der Waals surface area contributed by atoms with Crippen molar-refractivity contribution in [2.45, 2.75) is 57.1 Å². The van der Waals surface area contributed by atoms with Crippen LogP contribution in [0.2, 0.25) is 5.02 Å². The maximum atomic E-state index is 6.32. The topological polar surface area (TPSA) is 21.3 Å². The summed E-state index contributed by atoms with van der Waals surface area (Å²) in [4.78, 5) is 0. The Bertz CT molecular complexity index is 410. The normalized spacial score (nSPS) is 19.8. The summed E-state index contributed by atoms with van der Waals surface area (Å²) in [6.45, 7) is 2.87. The molecule has 1 fully saturated rings. The molecule has 0 aliphatic heterocycles. The molecular formula is C17H26ClNO. The van der Waals surface area contributed by atoms with E-state index < -0.39 is 0 Å². The van der Waals surface area contributed by atoms with Crippen molar-refractivity contribution in [3.63, 3.8) is 0 Å². The van der Waals surface area contributed by atoms with Crippen molar-refractivity contribution in [1.29, 1.82) is 0 Å². The molecule has 2 rings (SSSR count). The number of ether oxygens (including phenoxy) is 1. The minimum Gasteiger partial charge on any atom is -0.374 e. The Hall–Kier alpha value is -0.570. The SMILES string of the molecule is CCOC1(C(Cc2ccccc2Cl)NC)CCCCC1. The van der Waals surface area contributed by atoms with Crippen molar-refractivity contribution >= 4 is 11.6 Å². The van der Waals surface area contributed by atoms with Crippen LogP contribution in [0.5, 0.6) is 0 Å². The Balaban J connectivity index is 2.18. The highest BCUT2D eigenvalue weighted by Gasteiger charge is 2.40. The van der Waals surface area contributed by atoms with E-state index in [1.165, 1.54) is 24.8 Å². The molecule has 112 valence electrons. The summed E-state index contributed by atoms with van der Waals surface area (Å²) in [6, 6.07) is 8.46. The Labute approximate surface area is 127 Å². The molecule has 0 aromatic heterocycles. The molecule has 0 bridgehead atoms. The van der Waals surface area contributed by atoms with E-state index in [0.29, 0.717) is 6.04 Å². The summed E-state index contributed by atoms with van der Waals surface area (Å²) in [5.74, 6) is 0. The van der Waals surface area contributed by atoms with Crippen molar-refractivity contribution < 1.29 is 4.74 Å². The smallest absolute Gasteiger partial charge is 0.0837 e. The largest absolute Gasteiger partial charge is 0.374 e. The van der Waals surface area contributed by atoms with Gasteiger partial charge in [0.25, 0.3) is 0 Å². The van der Waals surface area contributed by atoms with Gasteiger partial charge in [0.15, 0.2) is 0 Å². The first kappa shape index (κ1) is 15.8. The lowest BCUT2D eigenvalue weighted by Crippen LogP contribution is -2.53. The van der Waals surface area contributed by atoms with E-state index in [4.69, 9.17) is 16.3 Å². The molecule has 0 saturated heterocycles. The van der Waals surface area contributed by atoms with Crippen LogP contribution in [0.4, 0.5) is 0 Å². The molecule has 1 atom stereocenters. The third-order valence-corrected chi connectivity index (χ3v) is 4.87. The summed E-state index contributed by atoms with van der Waals surface area (Å²) in [5.41, 5.74) is 1.18. The molecule has 1 saturated carbocycles. The van der Waals surface area contributed by atoms with Crippen molar-refractivity contribution in [1.82, 2.24) is 5.32 Å². The van der Waals surface area contributed by atoms with Crippen molar-refractivity contribution in [3.05, 3.63) is 34.9 Å². The highest BCUT2D eigenvalue weighted by Crippen LogP contribution is 2.36. The van der Waals surface area contributed by atoms with Crippen LogP contribution in [0, 0.1) is 0 Å². The van der Waals surface area contributed by atoms with Crippen LogP contribution in [0.15, 0.2) is 24.3 Å². The summed E-state index contributed by atoms with van der Waals surface area (Å²) >= 11 is 6.32. The molecule has 2 nitrogen and oxygen atoms in total. The third kappa shape index (κ3) is 3.55. The predicted molar refractivity (Wildman–Crippen MR) is 85.4 cm³/mol. The first-order valence-corrected chi connectivity index (χ1v) is 8.14. The fourth-order valence-electron chi connectivity index (χ4n) is 3.47. The zero-order valence-corrected chi connectivity index (χ0v) is 13.4. The minimum atomic E-state index is -0.0269. The standard InChI is InChI=1S/C17H26ClNO/c1-3-20-17(11-7-4-8-12-17)16(19-2)13-14-9-5-6-10-15(14)18/h5-6,9-10,16,19H,3-4,7-8,11-13H2,1-2H3. The lowest BCUT2D eigenvalue weighted by Gasteiger charge is -2.43. The number of nitrogens with one attached hydrogen (secondary N) is 1. The number of hydrogen-bond donors (Lipinski definition) is 1. The van der Waals surface area contributed by atoms with Gasteiger partial charge in [-0.2, -0.15) is 0 Å². The van der Waals surface area contributed by atoms with E-state index in [-0.39, 0.29) is 5.60 Å². The molecular weight excluding hydrogens is 270 g/mol. The lowest BCUT2D eigenvalue weighted by molar-refractivity contribution is -0.0883. The van der Waals surface area contributed by atoms with E-state index in [0.717, 1.165) is 30.9 Å². The van der Waals surface area contributed by atoms with E-state index in [2.05, 4.69) is 24.4 Å². The lowest BCUT2D eigenvalue weighted by atomic mass is 9.77. The molecule has 1 aromatic carbocycles. The van der Waals surface area contributed by atoms with Crippen LogP contribution in [0.3, 0.4) is 0 Å². The number of likely N-dealkylation sites (N-methyl/N-ethyl adjacent to an activating group) is 1. The maximum Gasteiger partial charge on any atom is 0.0837 e. The third-order valence-electron chi connectivity index (χ3n) is 4.50. The summed E-state index contributed by atoms with van der Waals surface area (Å²) in [5, 5.41) is 4.35. The first-order chi connectivity index (χ1) is 9.72. The second-order valence-electron chi connectivity index (χ2n) is 5.70. The van der Waals surface area contributed by atoms with Gasteiger partial charge in [-0.15, -0.1) is 0 Å². The molecule has 1 unspecified atom stereocenters. The van der Waals surface area contributed by atoms with Crippen LogP contribution >= 0.6 is 11.6 Å². The monoisotopic (exact) mass is 295 g/mol. The van der Waals surface area contributed by atoms with Gasteiger partial charge in [0, 0.05) is 17.7 Å². The van der Waals surface area contributed by atoms with Crippen LogP contribution in [-0.4, -0.2) is 25.3 Å². The van der Waals surface area contributed by atoms with Gasteiger partial charge in [0.1, 0.15) is 0 Å². The van der Waals surface area contributed by atoms with Crippen molar-refractivity contribution in [2.75, 3.05) is 13.7 Å². The average Bonchev–Trinajstić information content (AvgIpc) is 2.47. The maximum absolute atomic E-state index is 6.32. The highest BCUT2D eigenvalue weighted by atomic mass is 35.5. The summed E-state index contributed by atoms with van der Waals surface area (Å²) in [6.07, 6.45) is 7.09. The van der Waals surface area contributed by atoms with Crippen LogP contribution in [0.1, 0.15) is 44.6 Å². The zero-order chi connectivity index (χ0) is 14.4. The number of benzene rings is 1. The van der Waals surface area contributed by atoms with Gasteiger partial charge in [0.2, 0.25) is 0 Å². The van der Waals surface area contributed by atoms with Gasteiger partial charge in [0.05, 0.1) is 5.60 Å². The molecule has 0 spiro atoms. The number of hydrogen-bond acceptors (Lipinski definition) is 2. The van der Waals surface area contributed by atoms with Gasteiger partial charge >= 0.3 is 0 Å². The fraction of sp³-hybridized carbons (Fsp3) is 0.647. The molecule has 0 radical (unpaired) electrons. The quantitative estimate of drug-likeness (QED) is 0.849. The van der Waals surface area contributed by atoms with Gasteiger partial charge in [-0.1, -0.05) is 49.1 Å².